The third kappa shape index (κ3) is 1.16. The van der Waals surface area contributed by atoms with E-state index in [0.29, 0.717) is 0 Å². The number of aromatic hydroxyl groups is 1. The predicted octanol–water partition coefficient (Wildman–Crippen LogP) is 1.64. The van der Waals surface area contributed by atoms with Gasteiger partial charge in [0.1, 0.15) is 5.82 Å². The minimum absolute atomic E-state index is 0.0660. The lowest BCUT2D eigenvalue weighted by molar-refractivity contribution is 0.317. The van der Waals surface area contributed by atoms with E-state index in [4.69, 9.17) is 5.11 Å². The molecule has 0 fully saturated rings. The van der Waals surface area contributed by atoms with Crippen molar-refractivity contribution >= 4 is 10.8 Å². The first-order chi connectivity index (χ1) is 6.18. The Morgan fingerprint density at radius 3 is 2.85 bits per heavy atom. The Hall–Kier alpha value is -1.84. The third-order valence-corrected chi connectivity index (χ3v) is 1.74. The summed E-state index contributed by atoms with van der Waals surface area (Å²) in [6.45, 7) is 0. The Kier molecular flexibility index (Phi) is 1.55. The van der Waals surface area contributed by atoms with E-state index >= 15 is 0 Å². The van der Waals surface area contributed by atoms with Crippen molar-refractivity contribution in [1.29, 1.82) is 0 Å². The summed E-state index contributed by atoms with van der Waals surface area (Å²) < 4.78 is 17.4. The summed E-state index contributed by atoms with van der Waals surface area (Å²) in [5.41, 5.74) is -0.768. The molecule has 0 radical (unpaired) electrons. The van der Waals surface area contributed by atoms with Crippen molar-refractivity contribution < 1.29 is 13.9 Å². The van der Waals surface area contributed by atoms with Gasteiger partial charge in [0.05, 0.1) is 5.39 Å². The van der Waals surface area contributed by atoms with Crippen LogP contribution in [-0.4, -0.2) is 5.11 Å². The first kappa shape index (κ1) is 7.79. The summed E-state index contributed by atoms with van der Waals surface area (Å²) >= 11 is 0. The summed E-state index contributed by atoms with van der Waals surface area (Å²) in [5, 5.41) is 9.40. The minimum atomic E-state index is -0.768. The monoisotopic (exact) mass is 180 g/mol. The van der Waals surface area contributed by atoms with Gasteiger partial charge in [0.2, 0.25) is 0 Å². The Bertz CT molecular complexity index is 516. The van der Waals surface area contributed by atoms with E-state index in [2.05, 4.69) is 4.42 Å². The second-order valence-electron chi connectivity index (χ2n) is 2.57. The molecule has 66 valence electrons. The molecule has 2 rings (SSSR count). The van der Waals surface area contributed by atoms with E-state index in [1.54, 1.807) is 0 Å². The highest BCUT2D eigenvalue weighted by atomic mass is 19.1. The first-order valence-electron chi connectivity index (χ1n) is 3.60. The van der Waals surface area contributed by atoms with E-state index in [1.807, 2.05) is 0 Å². The lowest BCUT2D eigenvalue weighted by atomic mass is 10.2. The van der Waals surface area contributed by atoms with Crippen LogP contribution in [0.4, 0.5) is 4.39 Å². The van der Waals surface area contributed by atoms with Gasteiger partial charge in [-0.1, -0.05) is 6.07 Å². The van der Waals surface area contributed by atoms with Gasteiger partial charge in [-0.15, -0.1) is 0 Å². The van der Waals surface area contributed by atoms with Gasteiger partial charge in [0, 0.05) is 11.5 Å². The Morgan fingerprint density at radius 2 is 2.08 bits per heavy atom. The fraction of sp³-hybridized carbons (Fsp3) is 0. The highest BCUT2D eigenvalue weighted by molar-refractivity contribution is 5.85. The van der Waals surface area contributed by atoms with Crippen molar-refractivity contribution in [3.05, 3.63) is 40.5 Å². The molecular formula is C9H5FO3. The van der Waals surface area contributed by atoms with Gasteiger partial charge in [-0.3, -0.25) is 0 Å². The Morgan fingerprint density at radius 1 is 1.31 bits per heavy atom. The summed E-state index contributed by atoms with van der Waals surface area (Å²) in [4.78, 5) is 10.8. The molecule has 1 heterocycles. The standard InChI is InChI=1S/C9H5FO3/c10-7-3-1-2-5-6(7)4-8(11)13-9(5)12/h1-4,12H. The zero-order valence-corrected chi connectivity index (χ0v) is 6.45. The van der Waals surface area contributed by atoms with E-state index in [-0.39, 0.29) is 10.8 Å². The van der Waals surface area contributed by atoms with Crippen LogP contribution in [-0.2, 0) is 0 Å². The number of halogens is 1. The Balaban J connectivity index is 3.03. The van der Waals surface area contributed by atoms with Crippen LogP contribution in [0.15, 0.2) is 33.5 Å². The zero-order chi connectivity index (χ0) is 9.42. The Labute approximate surface area is 72.0 Å². The molecule has 0 atom stereocenters. The molecule has 0 aliphatic carbocycles. The van der Waals surface area contributed by atoms with E-state index in [0.717, 1.165) is 6.07 Å². The number of rotatable bonds is 0. The van der Waals surface area contributed by atoms with Crippen LogP contribution in [0.5, 0.6) is 5.95 Å². The lowest BCUT2D eigenvalue weighted by Gasteiger charge is -1.98. The third-order valence-electron chi connectivity index (χ3n) is 1.74. The van der Waals surface area contributed by atoms with E-state index < -0.39 is 17.4 Å². The lowest BCUT2D eigenvalue weighted by Crippen LogP contribution is -1.96. The second kappa shape index (κ2) is 2.58. The summed E-state index contributed by atoms with van der Waals surface area (Å²) in [7, 11) is 0. The van der Waals surface area contributed by atoms with Crippen LogP contribution >= 0.6 is 0 Å². The maximum Gasteiger partial charge on any atom is 0.339 e. The van der Waals surface area contributed by atoms with Gasteiger partial charge < -0.3 is 9.52 Å². The smallest absolute Gasteiger partial charge is 0.339 e. The molecule has 0 aliphatic heterocycles. The highest BCUT2D eigenvalue weighted by Crippen LogP contribution is 2.23. The molecule has 0 spiro atoms. The van der Waals surface area contributed by atoms with Gasteiger partial charge in [-0.2, -0.15) is 0 Å². The maximum atomic E-state index is 13.1. The van der Waals surface area contributed by atoms with Crippen molar-refractivity contribution in [3.8, 4) is 5.95 Å². The quantitative estimate of drug-likeness (QED) is 0.670. The van der Waals surface area contributed by atoms with Crippen molar-refractivity contribution in [1.82, 2.24) is 0 Å². The molecule has 1 N–H and O–H groups in total. The molecule has 0 saturated carbocycles. The molecular weight excluding hydrogens is 175 g/mol. The van der Waals surface area contributed by atoms with E-state index in [1.165, 1.54) is 18.2 Å². The van der Waals surface area contributed by atoms with Gasteiger partial charge in [-0.05, 0) is 12.1 Å². The maximum absolute atomic E-state index is 13.1. The van der Waals surface area contributed by atoms with Crippen molar-refractivity contribution in [2.75, 3.05) is 0 Å². The normalized spacial score (nSPS) is 10.5. The molecule has 4 heteroatoms. The van der Waals surface area contributed by atoms with Crippen molar-refractivity contribution in [3.63, 3.8) is 0 Å². The number of benzene rings is 1. The molecule has 0 amide bonds. The molecule has 3 nitrogen and oxygen atoms in total. The summed E-state index contributed by atoms with van der Waals surface area (Å²) in [6, 6.07) is 5.11. The van der Waals surface area contributed by atoms with Crippen LogP contribution in [0.25, 0.3) is 10.8 Å². The molecule has 2 aromatic rings. The minimum Gasteiger partial charge on any atom is -0.480 e. The number of hydrogen-bond donors (Lipinski definition) is 1. The predicted molar refractivity (Wildman–Crippen MR) is 44.1 cm³/mol. The summed E-state index contributed by atoms with van der Waals surface area (Å²) in [6.07, 6.45) is 0. The molecule has 1 aromatic heterocycles. The fourth-order valence-corrected chi connectivity index (χ4v) is 1.17. The second-order valence-corrected chi connectivity index (χ2v) is 2.57. The van der Waals surface area contributed by atoms with Gasteiger partial charge in [-0.25, -0.2) is 9.18 Å². The average Bonchev–Trinajstić information content (AvgIpc) is 2.07. The van der Waals surface area contributed by atoms with Crippen LogP contribution in [0.1, 0.15) is 0 Å². The molecule has 0 bridgehead atoms. The largest absolute Gasteiger partial charge is 0.480 e. The van der Waals surface area contributed by atoms with Crippen LogP contribution in [0.3, 0.4) is 0 Å². The fourth-order valence-electron chi connectivity index (χ4n) is 1.17. The first-order valence-corrected chi connectivity index (χ1v) is 3.60. The average molecular weight is 180 g/mol. The zero-order valence-electron chi connectivity index (χ0n) is 6.45. The van der Waals surface area contributed by atoms with Crippen LogP contribution in [0, 0.1) is 5.82 Å². The molecule has 0 unspecified atom stereocenters. The van der Waals surface area contributed by atoms with Gasteiger partial charge >= 0.3 is 5.63 Å². The van der Waals surface area contributed by atoms with Crippen molar-refractivity contribution in [2.24, 2.45) is 0 Å². The number of fused-ring (bicyclic) bond motifs is 1. The molecule has 0 aliphatic rings. The SMILES string of the molecule is O=c1cc2c(F)cccc2c(O)o1. The van der Waals surface area contributed by atoms with E-state index in [9.17, 15) is 9.18 Å². The van der Waals surface area contributed by atoms with Gasteiger partial charge in [0.15, 0.2) is 0 Å². The highest BCUT2D eigenvalue weighted by Gasteiger charge is 2.06. The van der Waals surface area contributed by atoms with Crippen LogP contribution < -0.4 is 5.63 Å². The van der Waals surface area contributed by atoms with Crippen LogP contribution in [0.2, 0.25) is 0 Å². The van der Waals surface area contributed by atoms with Gasteiger partial charge in [0.25, 0.3) is 5.95 Å². The van der Waals surface area contributed by atoms with Crippen molar-refractivity contribution in [2.45, 2.75) is 0 Å². The molecule has 13 heavy (non-hydrogen) atoms. The topological polar surface area (TPSA) is 50.4 Å². The number of hydrogen-bond acceptors (Lipinski definition) is 3. The summed E-state index contributed by atoms with van der Waals surface area (Å²) in [5.74, 6) is -1.11. The molecule has 1 aromatic carbocycles. The molecule has 0 saturated heterocycles.